The van der Waals surface area contributed by atoms with Gasteiger partial charge in [0.1, 0.15) is 6.54 Å². The summed E-state index contributed by atoms with van der Waals surface area (Å²) in [6.07, 6.45) is 0. The maximum absolute atomic E-state index is 11.9. The van der Waals surface area contributed by atoms with Gasteiger partial charge in [-0.3, -0.25) is 14.2 Å². The zero-order valence-electron chi connectivity index (χ0n) is 11.0. The zero-order chi connectivity index (χ0) is 13.8. The molecule has 1 heterocycles. The average molecular weight is 276 g/mol. The highest BCUT2D eigenvalue weighted by atomic mass is 32.1. The summed E-state index contributed by atoms with van der Waals surface area (Å²) in [6, 6.07) is 7.84. The topological polar surface area (TPSA) is 51.1 Å². The molecule has 5 heteroatoms. The van der Waals surface area contributed by atoms with Gasteiger partial charge in [0.15, 0.2) is 0 Å². The third kappa shape index (κ3) is 2.93. The van der Waals surface area contributed by atoms with E-state index in [-0.39, 0.29) is 17.3 Å². The van der Waals surface area contributed by atoms with E-state index in [0.717, 1.165) is 28.2 Å². The third-order valence-corrected chi connectivity index (χ3v) is 3.64. The molecule has 0 aliphatic rings. The van der Waals surface area contributed by atoms with Crippen LogP contribution in [0.2, 0.25) is 0 Å². The van der Waals surface area contributed by atoms with Crippen molar-refractivity contribution in [2.45, 2.75) is 20.4 Å². The average Bonchev–Trinajstić information content (AvgIpc) is 2.72. The van der Waals surface area contributed by atoms with Gasteiger partial charge in [-0.25, -0.2) is 0 Å². The van der Waals surface area contributed by atoms with Crippen molar-refractivity contribution >= 4 is 17.2 Å². The van der Waals surface area contributed by atoms with Crippen molar-refractivity contribution in [1.82, 2.24) is 9.88 Å². The molecule has 1 aromatic heterocycles. The molecule has 1 aromatic carbocycles. The molecular formula is C14H16N2O2S. The number of carbonyl (C=O) groups excluding carboxylic acids is 1. The highest BCUT2D eigenvalue weighted by Gasteiger charge is 2.13. The summed E-state index contributed by atoms with van der Waals surface area (Å²) in [5.74, 6) is -0.141. The largest absolute Gasteiger partial charge is 0.355 e. The first kappa shape index (κ1) is 13.5. The molecule has 2 rings (SSSR count). The second kappa shape index (κ2) is 5.84. The summed E-state index contributed by atoms with van der Waals surface area (Å²) >= 11 is 1.12. The Bertz CT molecular complexity index is 643. The maximum atomic E-state index is 11.9. The normalized spacial score (nSPS) is 10.4. The summed E-state index contributed by atoms with van der Waals surface area (Å²) in [6.45, 7) is 4.49. The number of amides is 1. The van der Waals surface area contributed by atoms with E-state index in [1.165, 1.54) is 4.57 Å². The number of nitrogens with one attached hydrogen (secondary N) is 1. The van der Waals surface area contributed by atoms with E-state index < -0.39 is 0 Å². The van der Waals surface area contributed by atoms with Crippen LogP contribution in [0.25, 0.3) is 11.3 Å². The Morgan fingerprint density at radius 3 is 2.79 bits per heavy atom. The number of rotatable bonds is 4. The van der Waals surface area contributed by atoms with Crippen LogP contribution in [-0.4, -0.2) is 17.0 Å². The van der Waals surface area contributed by atoms with Crippen LogP contribution in [0.5, 0.6) is 0 Å². The summed E-state index contributed by atoms with van der Waals surface area (Å²) < 4.78 is 1.53. The quantitative estimate of drug-likeness (QED) is 0.929. The van der Waals surface area contributed by atoms with E-state index in [4.69, 9.17) is 0 Å². The van der Waals surface area contributed by atoms with Gasteiger partial charge >= 0.3 is 4.87 Å². The van der Waals surface area contributed by atoms with Gasteiger partial charge in [0.2, 0.25) is 5.91 Å². The van der Waals surface area contributed by atoms with Crippen molar-refractivity contribution in [3.8, 4) is 11.3 Å². The van der Waals surface area contributed by atoms with Crippen molar-refractivity contribution in [1.29, 1.82) is 0 Å². The Morgan fingerprint density at radius 2 is 2.11 bits per heavy atom. The Balaban J connectivity index is 2.41. The second-order valence-corrected chi connectivity index (χ2v) is 5.06. The highest BCUT2D eigenvalue weighted by Crippen LogP contribution is 2.23. The molecular weight excluding hydrogens is 260 g/mol. The van der Waals surface area contributed by atoms with Crippen molar-refractivity contribution in [2.75, 3.05) is 6.54 Å². The molecule has 0 radical (unpaired) electrons. The Kier molecular flexibility index (Phi) is 4.16. The third-order valence-electron chi connectivity index (χ3n) is 2.88. The van der Waals surface area contributed by atoms with E-state index in [0.29, 0.717) is 6.54 Å². The fourth-order valence-electron chi connectivity index (χ4n) is 1.95. The molecule has 4 nitrogen and oxygen atoms in total. The molecule has 0 aliphatic heterocycles. The van der Waals surface area contributed by atoms with Crippen LogP contribution in [0.15, 0.2) is 34.4 Å². The van der Waals surface area contributed by atoms with Gasteiger partial charge < -0.3 is 5.32 Å². The lowest BCUT2D eigenvalue weighted by Gasteiger charge is -2.09. The first-order valence-corrected chi connectivity index (χ1v) is 7.02. The summed E-state index contributed by atoms with van der Waals surface area (Å²) in [7, 11) is 0. The molecule has 100 valence electrons. The van der Waals surface area contributed by atoms with Crippen molar-refractivity contribution < 1.29 is 4.79 Å². The van der Waals surface area contributed by atoms with Crippen molar-refractivity contribution in [2.24, 2.45) is 0 Å². The molecule has 19 heavy (non-hydrogen) atoms. The number of hydrogen-bond acceptors (Lipinski definition) is 3. The minimum absolute atomic E-state index is 0.0693. The molecule has 2 aromatic rings. The predicted molar refractivity (Wildman–Crippen MR) is 77.4 cm³/mol. The van der Waals surface area contributed by atoms with E-state index in [1.807, 2.05) is 43.5 Å². The SMILES string of the molecule is CCNC(=O)Cn1c(-c2ccccc2C)csc1=O. The molecule has 1 amide bonds. The summed E-state index contributed by atoms with van der Waals surface area (Å²) in [5.41, 5.74) is 2.88. The van der Waals surface area contributed by atoms with Crippen LogP contribution >= 0.6 is 11.3 Å². The van der Waals surface area contributed by atoms with Crippen LogP contribution in [0.3, 0.4) is 0 Å². The summed E-state index contributed by atoms with van der Waals surface area (Å²) in [5, 5.41) is 4.52. The van der Waals surface area contributed by atoms with Crippen LogP contribution < -0.4 is 10.2 Å². The smallest absolute Gasteiger partial charge is 0.308 e. The van der Waals surface area contributed by atoms with Gasteiger partial charge in [0.05, 0.1) is 5.69 Å². The van der Waals surface area contributed by atoms with Gasteiger partial charge in [0.25, 0.3) is 0 Å². The van der Waals surface area contributed by atoms with Crippen molar-refractivity contribution in [3.05, 3.63) is 44.9 Å². The van der Waals surface area contributed by atoms with Gasteiger partial charge in [-0.1, -0.05) is 35.6 Å². The number of thiazole rings is 1. The zero-order valence-corrected chi connectivity index (χ0v) is 11.8. The first-order valence-electron chi connectivity index (χ1n) is 6.14. The predicted octanol–water partition coefficient (Wildman–Crippen LogP) is 2.02. The monoisotopic (exact) mass is 276 g/mol. The fourth-order valence-corrected chi connectivity index (χ4v) is 2.70. The number of aromatic nitrogens is 1. The Labute approximate surface area is 115 Å². The van der Waals surface area contributed by atoms with Crippen molar-refractivity contribution in [3.63, 3.8) is 0 Å². The lowest BCUT2D eigenvalue weighted by molar-refractivity contribution is -0.121. The van der Waals surface area contributed by atoms with Crippen LogP contribution in [0.4, 0.5) is 0 Å². The van der Waals surface area contributed by atoms with E-state index in [1.54, 1.807) is 0 Å². The Morgan fingerprint density at radius 1 is 1.37 bits per heavy atom. The van der Waals surface area contributed by atoms with E-state index >= 15 is 0 Å². The number of nitrogens with zero attached hydrogens (tertiary/aromatic N) is 1. The standard InChI is InChI=1S/C14H16N2O2S/c1-3-15-13(17)8-16-12(9-19-14(16)18)11-7-5-4-6-10(11)2/h4-7,9H,3,8H2,1-2H3,(H,15,17). The number of carbonyl (C=O) groups is 1. The second-order valence-electron chi connectivity index (χ2n) is 4.24. The van der Waals surface area contributed by atoms with Crippen LogP contribution in [0, 0.1) is 6.92 Å². The van der Waals surface area contributed by atoms with Crippen LogP contribution in [0.1, 0.15) is 12.5 Å². The molecule has 0 bridgehead atoms. The van der Waals surface area contributed by atoms with Gasteiger partial charge in [-0.15, -0.1) is 0 Å². The molecule has 1 N–H and O–H groups in total. The number of benzene rings is 1. The summed E-state index contributed by atoms with van der Waals surface area (Å²) in [4.78, 5) is 23.4. The number of hydrogen-bond donors (Lipinski definition) is 1. The lowest BCUT2D eigenvalue weighted by Crippen LogP contribution is -2.30. The van der Waals surface area contributed by atoms with Gasteiger partial charge in [-0.2, -0.15) is 0 Å². The molecule has 0 saturated heterocycles. The van der Waals surface area contributed by atoms with Gasteiger partial charge in [-0.05, 0) is 19.4 Å². The molecule has 0 atom stereocenters. The van der Waals surface area contributed by atoms with E-state index in [9.17, 15) is 9.59 Å². The highest BCUT2D eigenvalue weighted by molar-refractivity contribution is 7.07. The first-order chi connectivity index (χ1) is 9.13. The molecule has 0 saturated carbocycles. The number of aryl methyl sites for hydroxylation is 1. The maximum Gasteiger partial charge on any atom is 0.308 e. The minimum Gasteiger partial charge on any atom is -0.355 e. The molecule has 0 aliphatic carbocycles. The fraction of sp³-hybridized carbons (Fsp3) is 0.286. The van der Waals surface area contributed by atoms with Crippen LogP contribution in [-0.2, 0) is 11.3 Å². The molecule has 0 fully saturated rings. The lowest BCUT2D eigenvalue weighted by atomic mass is 10.1. The minimum atomic E-state index is -0.141. The molecule has 0 spiro atoms. The molecule has 0 unspecified atom stereocenters. The van der Waals surface area contributed by atoms with E-state index in [2.05, 4.69) is 5.32 Å². The number of likely N-dealkylation sites (N-methyl/N-ethyl adjacent to an activating group) is 1. The van der Waals surface area contributed by atoms with Gasteiger partial charge in [0, 0.05) is 17.5 Å². The Hall–Kier alpha value is -1.88.